The number of amides is 1. The molecule has 0 atom stereocenters. The van der Waals surface area contributed by atoms with Gasteiger partial charge in [0.05, 0.1) is 12.5 Å². The molecule has 0 spiro atoms. The van der Waals surface area contributed by atoms with Gasteiger partial charge in [-0.1, -0.05) is 6.07 Å². The normalized spacial score (nSPS) is 21.6. The summed E-state index contributed by atoms with van der Waals surface area (Å²) in [4.78, 5) is 23.1. The first kappa shape index (κ1) is 21.0. The summed E-state index contributed by atoms with van der Waals surface area (Å²) >= 11 is 0. The average molecular weight is 398 g/mol. The Hall–Kier alpha value is -2.67. The van der Waals surface area contributed by atoms with E-state index in [1.54, 1.807) is 7.11 Å². The van der Waals surface area contributed by atoms with E-state index in [2.05, 4.69) is 21.4 Å². The molecule has 1 fully saturated rings. The van der Waals surface area contributed by atoms with E-state index in [4.69, 9.17) is 10.5 Å². The standard InChI is InChI=1S/C22H31N5O2/c1-24-18-7-9-22(10-8-18,20(23)28)12-16-11-15(5-6-19(16)29-4)17-13-25-21(26-14-17)27(2)3/h5-6,11,13-14,18,24H,7-10,12H2,1-4H3,(H2,23,28). The fourth-order valence-corrected chi connectivity index (χ4v) is 4.13. The molecule has 0 radical (unpaired) electrons. The van der Waals surface area contributed by atoms with Gasteiger partial charge in [0.15, 0.2) is 0 Å². The molecule has 1 aromatic heterocycles. The summed E-state index contributed by atoms with van der Waals surface area (Å²) in [6.07, 6.45) is 7.66. The predicted molar refractivity (Wildman–Crippen MR) is 115 cm³/mol. The highest BCUT2D eigenvalue weighted by atomic mass is 16.5. The van der Waals surface area contributed by atoms with Crippen molar-refractivity contribution in [1.29, 1.82) is 0 Å². The summed E-state index contributed by atoms with van der Waals surface area (Å²) in [7, 11) is 7.44. The largest absolute Gasteiger partial charge is 0.496 e. The molecule has 1 heterocycles. The van der Waals surface area contributed by atoms with Crippen molar-refractivity contribution in [3.63, 3.8) is 0 Å². The minimum Gasteiger partial charge on any atom is -0.496 e. The molecule has 29 heavy (non-hydrogen) atoms. The number of rotatable bonds is 7. The quantitative estimate of drug-likeness (QED) is 0.745. The van der Waals surface area contributed by atoms with Gasteiger partial charge < -0.3 is 20.7 Å². The van der Waals surface area contributed by atoms with E-state index in [0.29, 0.717) is 18.4 Å². The molecule has 1 amide bonds. The van der Waals surface area contributed by atoms with Crippen LogP contribution in [0.3, 0.4) is 0 Å². The number of methoxy groups -OCH3 is 1. The van der Waals surface area contributed by atoms with Crippen molar-refractivity contribution in [1.82, 2.24) is 15.3 Å². The van der Waals surface area contributed by atoms with Crippen molar-refractivity contribution >= 4 is 11.9 Å². The van der Waals surface area contributed by atoms with Gasteiger partial charge in [0.1, 0.15) is 5.75 Å². The minimum absolute atomic E-state index is 0.224. The zero-order valence-electron chi connectivity index (χ0n) is 17.7. The van der Waals surface area contributed by atoms with Crippen LogP contribution in [0.4, 0.5) is 5.95 Å². The summed E-state index contributed by atoms with van der Waals surface area (Å²) in [6.45, 7) is 0. The Morgan fingerprint density at radius 1 is 1.24 bits per heavy atom. The number of benzene rings is 1. The van der Waals surface area contributed by atoms with Gasteiger partial charge in [0.25, 0.3) is 0 Å². The number of carbonyl (C=O) groups excluding carboxylic acids is 1. The Kier molecular flexibility index (Phi) is 6.37. The highest BCUT2D eigenvalue weighted by Crippen LogP contribution is 2.41. The van der Waals surface area contributed by atoms with Gasteiger partial charge in [-0.05, 0) is 62.4 Å². The molecule has 3 N–H and O–H groups in total. The lowest BCUT2D eigenvalue weighted by atomic mass is 9.68. The summed E-state index contributed by atoms with van der Waals surface area (Å²) in [5.74, 6) is 1.21. The van der Waals surface area contributed by atoms with Crippen LogP contribution in [-0.4, -0.2) is 50.2 Å². The number of nitrogens with two attached hydrogens (primary N) is 1. The smallest absolute Gasteiger partial charge is 0.224 e. The first-order valence-corrected chi connectivity index (χ1v) is 10.0. The van der Waals surface area contributed by atoms with Crippen LogP contribution in [0.5, 0.6) is 5.75 Å². The summed E-state index contributed by atoms with van der Waals surface area (Å²) in [6, 6.07) is 6.45. The van der Waals surface area contributed by atoms with E-state index in [1.165, 1.54) is 0 Å². The number of ether oxygens (including phenoxy) is 1. The number of nitrogens with one attached hydrogen (secondary N) is 1. The number of primary amides is 1. The molecule has 3 rings (SSSR count). The molecule has 1 aliphatic carbocycles. The maximum absolute atomic E-state index is 12.5. The van der Waals surface area contributed by atoms with E-state index in [-0.39, 0.29) is 5.91 Å². The predicted octanol–water partition coefficient (Wildman–Crippen LogP) is 2.39. The minimum atomic E-state index is -0.537. The zero-order valence-corrected chi connectivity index (χ0v) is 17.7. The van der Waals surface area contributed by atoms with Gasteiger partial charge in [-0.25, -0.2) is 9.97 Å². The number of nitrogens with zero attached hydrogens (tertiary/aromatic N) is 3. The fourth-order valence-electron chi connectivity index (χ4n) is 4.13. The van der Waals surface area contributed by atoms with Crippen molar-refractivity contribution in [2.24, 2.45) is 11.1 Å². The summed E-state index contributed by atoms with van der Waals surface area (Å²) < 4.78 is 5.59. The van der Waals surface area contributed by atoms with E-state index in [1.807, 2.05) is 50.6 Å². The molecule has 0 saturated heterocycles. The maximum Gasteiger partial charge on any atom is 0.224 e. The van der Waals surface area contributed by atoms with Crippen molar-refractivity contribution in [2.75, 3.05) is 33.2 Å². The third-order valence-electron chi connectivity index (χ3n) is 6.05. The third-order valence-corrected chi connectivity index (χ3v) is 6.05. The molecule has 1 aliphatic rings. The topological polar surface area (TPSA) is 93.4 Å². The molecule has 7 heteroatoms. The van der Waals surface area contributed by atoms with Gasteiger partial charge in [0, 0.05) is 38.1 Å². The molecule has 0 aliphatic heterocycles. The highest BCUT2D eigenvalue weighted by molar-refractivity contribution is 5.81. The number of anilines is 1. The van der Waals surface area contributed by atoms with Crippen LogP contribution in [-0.2, 0) is 11.2 Å². The van der Waals surface area contributed by atoms with Crippen LogP contribution in [0, 0.1) is 5.41 Å². The lowest BCUT2D eigenvalue weighted by molar-refractivity contribution is -0.129. The van der Waals surface area contributed by atoms with Gasteiger partial charge >= 0.3 is 0 Å². The molecule has 0 unspecified atom stereocenters. The van der Waals surface area contributed by atoms with Crippen molar-refractivity contribution in [3.05, 3.63) is 36.2 Å². The first-order valence-electron chi connectivity index (χ1n) is 10.0. The first-order chi connectivity index (χ1) is 13.9. The van der Waals surface area contributed by atoms with E-state index in [9.17, 15) is 4.79 Å². The zero-order chi connectivity index (χ0) is 21.0. The Morgan fingerprint density at radius 2 is 1.90 bits per heavy atom. The molecule has 156 valence electrons. The molecule has 1 aromatic carbocycles. The molecule has 2 aromatic rings. The summed E-state index contributed by atoms with van der Waals surface area (Å²) in [5, 5.41) is 3.32. The van der Waals surface area contributed by atoms with Crippen LogP contribution in [0.2, 0.25) is 0 Å². The second kappa shape index (κ2) is 8.78. The SMILES string of the molecule is CNC1CCC(Cc2cc(-c3cnc(N(C)C)nc3)ccc2OC)(C(N)=O)CC1. The van der Waals surface area contributed by atoms with Gasteiger partial charge in [0.2, 0.25) is 11.9 Å². The number of hydrogen-bond acceptors (Lipinski definition) is 6. The number of hydrogen-bond donors (Lipinski definition) is 2. The average Bonchev–Trinajstić information content (AvgIpc) is 2.74. The van der Waals surface area contributed by atoms with E-state index < -0.39 is 5.41 Å². The lowest BCUT2D eigenvalue weighted by Gasteiger charge is -2.38. The van der Waals surface area contributed by atoms with Crippen molar-refractivity contribution in [2.45, 2.75) is 38.1 Å². The molecule has 0 bridgehead atoms. The maximum atomic E-state index is 12.5. The van der Waals surface area contributed by atoms with Crippen LogP contribution < -0.4 is 20.7 Å². The van der Waals surface area contributed by atoms with Crippen LogP contribution in [0.25, 0.3) is 11.1 Å². The van der Waals surface area contributed by atoms with Gasteiger partial charge in [-0.2, -0.15) is 0 Å². The van der Waals surface area contributed by atoms with Crippen LogP contribution in [0.15, 0.2) is 30.6 Å². The second-order valence-electron chi connectivity index (χ2n) is 8.08. The Bertz CT molecular complexity index is 843. The molecule has 1 saturated carbocycles. The van der Waals surface area contributed by atoms with Gasteiger partial charge in [-0.3, -0.25) is 4.79 Å². The highest BCUT2D eigenvalue weighted by Gasteiger charge is 2.40. The van der Waals surface area contributed by atoms with Crippen molar-refractivity contribution in [3.8, 4) is 16.9 Å². The third kappa shape index (κ3) is 4.50. The Morgan fingerprint density at radius 3 is 2.41 bits per heavy atom. The molecular formula is C22H31N5O2. The van der Waals surface area contributed by atoms with E-state index in [0.717, 1.165) is 48.1 Å². The second-order valence-corrected chi connectivity index (χ2v) is 8.08. The van der Waals surface area contributed by atoms with Crippen molar-refractivity contribution < 1.29 is 9.53 Å². The van der Waals surface area contributed by atoms with Crippen LogP contribution in [0.1, 0.15) is 31.2 Å². The Labute approximate surface area is 172 Å². The van der Waals surface area contributed by atoms with Gasteiger partial charge in [-0.15, -0.1) is 0 Å². The van der Waals surface area contributed by atoms with Crippen LogP contribution >= 0.6 is 0 Å². The molecule has 7 nitrogen and oxygen atoms in total. The summed E-state index contributed by atoms with van der Waals surface area (Å²) in [5.41, 5.74) is 8.27. The fraction of sp³-hybridized carbons (Fsp3) is 0.500. The number of carbonyl (C=O) groups is 1. The molecular weight excluding hydrogens is 366 g/mol. The lowest BCUT2D eigenvalue weighted by Crippen LogP contribution is -2.45. The van der Waals surface area contributed by atoms with E-state index >= 15 is 0 Å². The number of aromatic nitrogens is 2. The Balaban J connectivity index is 1.91. The monoisotopic (exact) mass is 397 g/mol.